The average Bonchev–Trinajstić information content (AvgIpc) is 3.22. The molecule has 0 atom stereocenters. The molecule has 0 radical (unpaired) electrons. The van der Waals surface area contributed by atoms with Gasteiger partial charge < -0.3 is 10.6 Å². The lowest BCUT2D eigenvalue weighted by molar-refractivity contribution is -0.114. The van der Waals surface area contributed by atoms with Gasteiger partial charge in [0.15, 0.2) is 11.5 Å². The molecule has 0 unspecified atom stereocenters. The van der Waals surface area contributed by atoms with Crippen LogP contribution in [0.25, 0.3) is 16.9 Å². The van der Waals surface area contributed by atoms with E-state index in [-0.39, 0.29) is 5.91 Å². The Morgan fingerprint density at radius 1 is 1.07 bits per heavy atom. The van der Waals surface area contributed by atoms with Crippen molar-refractivity contribution in [2.24, 2.45) is 0 Å². The van der Waals surface area contributed by atoms with E-state index in [2.05, 4.69) is 44.9 Å². The summed E-state index contributed by atoms with van der Waals surface area (Å²) in [6, 6.07) is 18.2. The number of carbonyl (C=O) groups excluding carboxylic acids is 1. The van der Waals surface area contributed by atoms with Gasteiger partial charge in [0, 0.05) is 37.1 Å². The van der Waals surface area contributed by atoms with Gasteiger partial charge in [-0.15, -0.1) is 0 Å². The van der Waals surface area contributed by atoms with Crippen molar-refractivity contribution in [2.75, 3.05) is 17.2 Å². The van der Waals surface area contributed by atoms with Crippen LogP contribution in [0.2, 0.25) is 0 Å². The van der Waals surface area contributed by atoms with Crippen LogP contribution in [-0.2, 0) is 11.2 Å². The van der Waals surface area contributed by atoms with Crippen molar-refractivity contribution in [1.29, 1.82) is 0 Å². The highest BCUT2D eigenvalue weighted by Crippen LogP contribution is 2.25. The van der Waals surface area contributed by atoms with Crippen molar-refractivity contribution >= 4 is 23.1 Å². The second-order valence-corrected chi connectivity index (χ2v) is 6.89. The number of amides is 1. The van der Waals surface area contributed by atoms with Gasteiger partial charge in [-0.05, 0) is 30.5 Å². The Morgan fingerprint density at radius 3 is 2.76 bits per heavy atom. The molecule has 0 aliphatic heterocycles. The molecule has 0 saturated carbocycles. The van der Waals surface area contributed by atoms with Crippen molar-refractivity contribution < 1.29 is 4.79 Å². The van der Waals surface area contributed by atoms with E-state index in [4.69, 9.17) is 0 Å². The fraction of sp³-hybridized carbons (Fsp3) is 0.174. The lowest BCUT2D eigenvalue weighted by Crippen LogP contribution is -2.08. The van der Waals surface area contributed by atoms with Crippen molar-refractivity contribution in [2.45, 2.75) is 19.8 Å². The molecule has 0 spiro atoms. The molecular weight excluding hydrogens is 362 g/mol. The molecule has 2 heterocycles. The summed E-state index contributed by atoms with van der Waals surface area (Å²) < 4.78 is 2.01. The molecule has 6 heteroatoms. The van der Waals surface area contributed by atoms with Crippen LogP contribution in [-0.4, -0.2) is 26.8 Å². The maximum Gasteiger partial charge on any atom is 0.221 e. The fourth-order valence-corrected chi connectivity index (χ4v) is 3.36. The van der Waals surface area contributed by atoms with Gasteiger partial charge in [-0.1, -0.05) is 42.5 Å². The highest BCUT2D eigenvalue weighted by Gasteiger charge is 2.10. The molecule has 0 saturated heterocycles. The maximum absolute atomic E-state index is 11.3. The largest absolute Gasteiger partial charge is 0.367 e. The number of benzene rings is 2. The second-order valence-electron chi connectivity index (χ2n) is 6.89. The fourth-order valence-electron chi connectivity index (χ4n) is 3.36. The summed E-state index contributed by atoms with van der Waals surface area (Å²) in [7, 11) is 0. The molecule has 2 aromatic carbocycles. The molecule has 0 fully saturated rings. The molecular formula is C23H23N5O. The molecule has 6 nitrogen and oxygen atoms in total. The number of nitrogens with one attached hydrogen (secondary N) is 2. The first-order chi connectivity index (χ1) is 14.2. The quantitative estimate of drug-likeness (QED) is 0.463. The van der Waals surface area contributed by atoms with Crippen LogP contribution in [0.5, 0.6) is 0 Å². The van der Waals surface area contributed by atoms with Crippen LogP contribution in [0.15, 0.2) is 73.2 Å². The predicted molar refractivity (Wildman–Crippen MR) is 116 cm³/mol. The third kappa shape index (κ3) is 4.43. The Labute approximate surface area is 169 Å². The van der Waals surface area contributed by atoms with Gasteiger partial charge >= 0.3 is 0 Å². The summed E-state index contributed by atoms with van der Waals surface area (Å²) >= 11 is 0. The summed E-state index contributed by atoms with van der Waals surface area (Å²) in [6.45, 7) is 2.32. The Hall–Kier alpha value is -3.67. The second kappa shape index (κ2) is 8.56. The van der Waals surface area contributed by atoms with Crippen molar-refractivity contribution in [3.05, 3.63) is 78.8 Å². The molecule has 146 valence electrons. The average molecular weight is 385 g/mol. The van der Waals surface area contributed by atoms with Crippen LogP contribution >= 0.6 is 0 Å². The first-order valence-electron chi connectivity index (χ1n) is 9.68. The Balaban J connectivity index is 1.51. The van der Waals surface area contributed by atoms with Crippen LogP contribution in [0, 0.1) is 0 Å². The van der Waals surface area contributed by atoms with Crippen molar-refractivity contribution in [3.8, 4) is 11.3 Å². The topological polar surface area (TPSA) is 71.3 Å². The number of hydrogen-bond acceptors (Lipinski definition) is 4. The molecule has 0 aliphatic carbocycles. The monoisotopic (exact) mass is 385 g/mol. The van der Waals surface area contributed by atoms with Gasteiger partial charge in [0.2, 0.25) is 5.91 Å². The zero-order valence-corrected chi connectivity index (χ0v) is 16.3. The summed E-state index contributed by atoms with van der Waals surface area (Å²) in [6.07, 6.45) is 7.56. The van der Waals surface area contributed by atoms with E-state index in [9.17, 15) is 4.79 Å². The maximum atomic E-state index is 11.3. The first kappa shape index (κ1) is 18.7. The van der Waals surface area contributed by atoms with E-state index in [1.807, 2.05) is 47.1 Å². The number of carbonyl (C=O) groups is 1. The molecule has 2 aromatic heterocycles. The number of nitrogens with zero attached hydrogens (tertiary/aromatic N) is 3. The third-order valence-electron chi connectivity index (χ3n) is 4.68. The SMILES string of the molecule is CC(=O)Nc1cccc(-c2cnc(NCCCc3ccccc3)c3nccn23)c1. The van der Waals surface area contributed by atoms with E-state index in [0.717, 1.165) is 47.8 Å². The summed E-state index contributed by atoms with van der Waals surface area (Å²) in [4.78, 5) is 20.4. The normalized spacial score (nSPS) is 10.8. The third-order valence-corrected chi connectivity index (χ3v) is 4.68. The zero-order valence-electron chi connectivity index (χ0n) is 16.3. The number of hydrogen-bond donors (Lipinski definition) is 2. The van der Waals surface area contributed by atoms with Crippen LogP contribution in [0.1, 0.15) is 18.9 Å². The van der Waals surface area contributed by atoms with E-state index in [0.29, 0.717) is 0 Å². The summed E-state index contributed by atoms with van der Waals surface area (Å²) in [5.74, 6) is 0.674. The van der Waals surface area contributed by atoms with Gasteiger partial charge in [0.05, 0.1) is 11.9 Å². The first-order valence-corrected chi connectivity index (χ1v) is 9.68. The highest BCUT2D eigenvalue weighted by molar-refractivity contribution is 5.89. The van der Waals surface area contributed by atoms with E-state index < -0.39 is 0 Å². The van der Waals surface area contributed by atoms with Crippen molar-refractivity contribution in [1.82, 2.24) is 14.4 Å². The van der Waals surface area contributed by atoms with E-state index in [1.165, 1.54) is 12.5 Å². The molecule has 4 aromatic rings. The number of imidazole rings is 1. The summed E-state index contributed by atoms with van der Waals surface area (Å²) in [5.41, 5.74) is 4.75. The van der Waals surface area contributed by atoms with Gasteiger partial charge in [0.25, 0.3) is 0 Å². The van der Waals surface area contributed by atoms with Gasteiger partial charge in [-0.25, -0.2) is 9.97 Å². The van der Waals surface area contributed by atoms with Crippen LogP contribution < -0.4 is 10.6 Å². The Morgan fingerprint density at radius 2 is 1.93 bits per heavy atom. The standard InChI is InChI=1S/C23H23N5O/c1-17(29)27-20-11-5-10-19(15-20)21-16-26-22(23-25-13-14-28(21)23)24-12-6-9-18-7-3-2-4-8-18/h2-5,7-8,10-11,13-16H,6,9,12H2,1H3,(H,24,26)(H,27,29). The zero-order chi connectivity index (χ0) is 20.1. The van der Waals surface area contributed by atoms with Crippen LogP contribution in [0.4, 0.5) is 11.5 Å². The molecule has 1 amide bonds. The number of fused-ring (bicyclic) bond motifs is 1. The molecule has 2 N–H and O–H groups in total. The molecule has 4 rings (SSSR count). The predicted octanol–water partition coefficient (Wildman–Crippen LogP) is 4.40. The van der Waals surface area contributed by atoms with Gasteiger partial charge in [-0.3, -0.25) is 9.20 Å². The molecule has 29 heavy (non-hydrogen) atoms. The van der Waals surface area contributed by atoms with Gasteiger partial charge in [0.1, 0.15) is 0 Å². The lowest BCUT2D eigenvalue weighted by Gasteiger charge is -2.11. The van der Waals surface area contributed by atoms with E-state index in [1.54, 1.807) is 6.20 Å². The van der Waals surface area contributed by atoms with Crippen molar-refractivity contribution in [3.63, 3.8) is 0 Å². The smallest absolute Gasteiger partial charge is 0.221 e. The van der Waals surface area contributed by atoms with E-state index >= 15 is 0 Å². The number of anilines is 2. The summed E-state index contributed by atoms with van der Waals surface area (Å²) in [5, 5.41) is 6.23. The minimum Gasteiger partial charge on any atom is -0.367 e. The Bertz CT molecular complexity index is 1120. The minimum absolute atomic E-state index is 0.0943. The van der Waals surface area contributed by atoms with Gasteiger partial charge in [-0.2, -0.15) is 0 Å². The van der Waals surface area contributed by atoms with Crippen LogP contribution in [0.3, 0.4) is 0 Å². The highest BCUT2D eigenvalue weighted by atomic mass is 16.1. The number of rotatable bonds is 7. The molecule has 0 bridgehead atoms. The Kier molecular flexibility index (Phi) is 5.52. The molecule has 0 aliphatic rings. The number of aryl methyl sites for hydroxylation is 1. The minimum atomic E-state index is -0.0943. The number of aromatic nitrogens is 3. The lowest BCUT2D eigenvalue weighted by atomic mass is 10.1.